The summed E-state index contributed by atoms with van der Waals surface area (Å²) in [4.78, 5) is 11.9. The highest BCUT2D eigenvalue weighted by Crippen LogP contribution is 2.19. The summed E-state index contributed by atoms with van der Waals surface area (Å²) in [7, 11) is -3.79. The number of carbonyl (C=O) groups is 1. The predicted molar refractivity (Wildman–Crippen MR) is 101 cm³/mol. The van der Waals surface area contributed by atoms with Crippen LogP contribution >= 0.6 is 0 Å². The summed E-state index contributed by atoms with van der Waals surface area (Å²) in [5.41, 5.74) is 2.74. The molecule has 0 saturated carbocycles. The molecule has 0 aliphatic rings. The van der Waals surface area contributed by atoms with Gasteiger partial charge in [0.25, 0.3) is 5.89 Å². The summed E-state index contributed by atoms with van der Waals surface area (Å²) in [5.74, 6) is -0.327. The summed E-state index contributed by atoms with van der Waals surface area (Å²) in [6.45, 7) is 3.04. The maximum absolute atomic E-state index is 12.2. The van der Waals surface area contributed by atoms with Crippen molar-refractivity contribution in [2.24, 2.45) is 0 Å². The van der Waals surface area contributed by atoms with E-state index in [1.165, 1.54) is 12.1 Å². The van der Waals surface area contributed by atoms with E-state index in [0.29, 0.717) is 5.89 Å². The van der Waals surface area contributed by atoms with Crippen LogP contribution in [0.3, 0.4) is 0 Å². The molecule has 1 N–H and O–H groups in total. The molecule has 28 heavy (non-hydrogen) atoms. The van der Waals surface area contributed by atoms with Gasteiger partial charge < -0.3 is 9.15 Å². The molecule has 3 aromatic rings. The van der Waals surface area contributed by atoms with Crippen LogP contribution in [0.15, 0.2) is 57.8 Å². The number of hydrogen-bond donors (Lipinski definition) is 1. The van der Waals surface area contributed by atoms with E-state index < -0.39 is 22.5 Å². The minimum absolute atomic E-state index is 0.0746. The van der Waals surface area contributed by atoms with E-state index in [4.69, 9.17) is 9.15 Å². The third kappa shape index (κ3) is 5.02. The lowest BCUT2D eigenvalue weighted by atomic mass is 10.1. The second kappa shape index (κ2) is 8.32. The van der Waals surface area contributed by atoms with Gasteiger partial charge in [-0.2, -0.15) is 4.72 Å². The van der Waals surface area contributed by atoms with Crippen molar-refractivity contribution in [3.05, 3.63) is 65.5 Å². The highest BCUT2D eigenvalue weighted by Gasteiger charge is 2.17. The van der Waals surface area contributed by atoms with E-state index in [1.807, 2.05) is 38.1 Å². The van der Waals surface area contributed by atoms with Crippen LogP contribution in [-0.4, -0.2) is 31.1 Å². The van der Waals surface area contributed by atoms with Gasteiger partial charge in [0.15, 0.2) is 6.61 Å². The zero-order valence-electron chi connectivity index (χ0n) is 15.4. The van der Waals surface area contributed by atoms with Crippen LogP contribution in [-0.2, 0) is 26.2 Å². The maximum Gasteiger partial charge on any atom is 0.321 e. The highest BCUT2D eigenvalue weighted by atomic mass is 32.2. The Morgan fingerprint density at radius 1 is 1.07 bits per heavy atom. The molecule has 146 valence electrons. The molecule has 3 rings (SSSR count). The molecule has 8 nitrogen and oxygen atoms in total. The number of sulfonamides is 1. The van der Waals surface area contributed by atoms with Crippen molar-refractivity contribution in [1.29, 1.82) is 0 Å². The van der Waals surface area contributed by atoms with E-state index in [-0.39, 0.29) is 17.4 Å². The summed E-state index contributed by atoms with van der Waals surface area (Å²) in [5, 5.41) is 7.74. The van der Waals surface area contributed by atoms with Gasteiger partial charge in [-0.15, -0.1) is 10.2 Å². The molecule has 0 aliphatic carbocycles. The van der Waals surface area contributed by atoms with E-state index >= 15 is 0 Å². The number of hydrogen-bond acceptors (Lipinski definition) is 7. The van der Waals surface area contributed by atoms with Crippen molar-refractivity contribution in [1.82, 2.24) is 14.9 Å². The Bertz CT molecular complexity index is 1070. The molecule has 0 saturated heterocycles. The first kappa shape index (κ1) is 19.7. The highest BCUT2D eigenvalue weighted by molar-refractivity contribution is 7.89. The van der Waals surface area contributed by atoms with Gasteiger partial charge >= 0.3 is 5.97 Å². The van der Waals surface area contributed by atoms with Gasteiger partial charge in [0.05, 0.1) is 4.90 Å². The van der Waals surface area contributed by atoms with Crippen LogP contribution in [0.4, 0.5) is 0 Å². The van der Waals surface area contributed by atoms with Crippen molar-refractivity contribution in [2.45, 2.75) is 25.3 Å². The number of aromatic nitrogens is 2. The fourth-order valence-corrected chi connectivity index (χ4v) is 3.32. The molecular formula is C19H19N3O5S. The molecule has 0 amide bonds. The summed E-state index contributed by atoms with van der Waals surface area (Å²) >= 11 is 0. The molecule has 0 spiro atoms. The Morgan fingerprint density at radius 2 is 1.82 bits per heavy atom. The summed E-state index contributed by atoms with van der Waals surface area (Å²) < 4.78 is 37.0. The number of nitrogens with one attached hydrogen (secondary N) is 1. The largest absolute Gasteiger partial charge is 0.455 e. The van der Waals surface area contributed by atoms with Gasteiger partial charge in [-0.3, -0.25) is 4.79 Å². The number of esters is 1. The van der Waals surface area contributed by atoms with Crippen molar-refractivity contribution in [2.75, 3.05) is 6.54 Å². The van der Waals surface area contributed by atoms with Gasteiger partial charge in [0.1, 0.15) is 6.54 Å². The van der Waals surface area contributed by atoms with Crippen LogP contribution in [0.5, 0.6) is 0 Å². The molecule has 0 bridgehead atoms. The van der Waals surface area contributed by atoms with Crippen molar-refractivity contribution in [3.63, 3.8) is 0 Å². The molecule has 0 fully saturated rings. The van der Waals surface area contributed by atoms with Gasteiger partial charge in [-0.25, -0.2) is 8.42 Å². The minimum Gasteiger partial charge on any atom is -0.455 e. The van der Waals surface area contributed by atoms with Crippen molar-refractivity contribution in [3.8, 4) is 11.5 Å². The molecule has 0 atom stereocenters. The predicted octanol–water partition coefficient (Wildman–Crippen LogP) is 2.38. The van der Waals surface area contributed by atoms with E-state index in [1.54, 1.807) is 12.1 Å². The van der Waals surface area contributed by atoms with E-state index in [0.717, 1.165) is 16.7 Å². The number of benzene rings is 2. The molecule has 1 aromatic heterocycles. The van der Waals surface area contributed by atoms with E-state index in [2.05, 4.69) is 14.9 Å². The first-order chi connectivity index (χ1) is 13.3. The van der Waals surface area contributed by atoms with E-state index in [9.17, 15) is 13.2 Å². The Labute approximate surface area is 162 Å². The smallest absolute Gasteiger partial charge is 0.321 e. The molecule has 0 aliphatic heterocycles. The van der Waals surface area contributed by atoms with Gasteiger partial charge in [0.2, 0.25) is 15.9 Å². The lowest BCUT2D eigenvalue weighted by Crippen LogP contribution is -2.30. The fourth-order valence-electron chi connectivity index (χ4n) is 2.35. The second-order valence-electron chi connectivity index (χ2n) is 6.17. The molecule has 2 aromatic carbocycles. The summed E-state index contributed by atoms with van der Waals surface area (Å²) in [6.07, 6.45) is 0. The molecule has 0 radical (unpaired) electrons. The Morgan fingerprint density at radius 3 is 2.54 bits per heavy atom. The van der Waals surface area contributed by atoms with Gasteiger partial charge in [0, 0.05) is 5.56 Å². The fraction of sp³-hybridized carbons (Fsp3) is 0.211. The Kier molecular flexibility index (Phi) is 5.86. The Hall–Kier alpha value is -3.04. The Balaban J connectivity index is 1.53. The first-order valence-electron chi connectivity index (χ1n) is 8.45. The third-order valence-electron chi connectivity index (χ3n) is 3.83. The van der Waals surface area contributed by atoms with Crippen LogP contribution < -0.4 is 4.72 Å². The SMILES string of the molecule is Cc1ccc(S(=O)(=O)NCC(=O)OCc2nnc(-c3cccc(C)c3)o2)cc1. The van der Waals surface area contributed by atoms with Gasteiger partial charge in [-0.1, -0.05) is 35.4 Å². The monoisotopic (exact) mass is 401 g/mol. The van der Waals surface area contributed by atoms with Crippen LogP contribution in [0.2, 0.25) is 0 Å². The molecule has 0 unspecified atom stereocenters. The zero-order chi connectivity index (χ0) is 20.1. The number of nitrogens with zero attached hydrogens (tertiary/aromatic N) is 2. The molecule has 1 heterocycles. The number of carbonyl (C=O) groups excluding carboxylic acids is 1. The first-order valence-corrected chi connectivity index (χ1v) is 9.93. The number of aryl methyl sites for hydroxylation is 2. The van der Waals surface area contributed by atoms with Gasteiger partial charge in [-0.05, 0) is 38.1 Å². The zero-order valence-corrected chi connectivity index (χ0v) is 16.2. The molecule has 9 heteroatoms. The van der Waals surface area contributed by atoms with Crippen LogP contribution in [0.25, 0.3) is 11.5 Å². The van der Waals surface area contributed by atoms with Crippen LogP contribution in [0.1, 0.15) is 17.0 Å². The van der Waals surface area contributed by atoms with Crippen molar-refractivity contribution >= 4 is 16.0 Å². The normalized spacial score (nSPS) is 11.4. The number of ether oxygens (including phenoxy) is 1. The average Bonchev–Trinajstić information content (AvgIpc) is 3.14. The summed E-state index contributed by atoms with van der Waals surface area (Å²) in [6, 6.07) is 13.8. The third-order valence-corrected chi connectivity index (χ3v) is 5.24. The lowest BCUT2D eigenvalue weighted by Gasteiger charge is -2.06. The standard InChI is InChI=1S/C19H19N3O5S/c1-13-6-8-16(9-7-13)28(24,25)20-11-18(23)26-12-17-21-22-19(27-17)15-5-3-4-14(2)10-15/h3-10,20H,11-12H2,1-2H3. The second-order valence-corrected chi connectivity index (χ2v) is 7.94. The lowest BCUT2D eigenvalue weighted by molar-refractivity contribution is -0.144. The maximum atomic E-state index is 12.2. The average molecular weight is 401 g/mol. The topological polar surface area (TPSA) is 111 Å². The number of rotatable bonds is 7. The molecular weight excluding hydrogens is 382 g/mol. The van der Waals surface area contributed by atoms with Crippen molar-refractivity contribution < 1.29 is 22.4 Å². The van der Waals surface area contributed by atoms with Crippen LogP contribution in [0, 0.1) is 13.8 Å². The quantitative estimate of drug-likeness (QED) is 0.605. The minimum atomic E-state index is -3.79.